The van der Waals surface area contributed by atoms with E-state index in [1.165, 1.54) is 29.0 Å². The molecule has 9 nitrogen and oxygen atoms in total. The van der Waals surface area contributed by atoms with Gasteiger partial charge in [-0.3, -0.25) is 19.0 Å². The van der Waals surface area contributed by atoms with Gasteiger partial charge in [0, 0.05) is 11.3 Å². The highest BCUT2D eigenvalue weighted by Gasteiger charge is 2.18. The lowest BCUT2D eigenvalue weighted by molar-refractivity contribution is -0.116. The number of nitrogens with zero attached hydrogens (tertiary/aromatic N) is 2. The van der Waals surface area contributed by atoms with E-state index in [0.717, 1.165) is 10.1 Å². The number of benzene rings is 3. The highest BCUT2D eigenvalue weighted by Crippen LogP contribution is 2.15. The summed E-state index contributed by atoms with van der Waals surface area (Å²) < 4.78 is 7.48. The van der Waals surface area contributed by atoms with E-state index in [-0.39, 0.29) is 29.6 Å². The van der Waals surface area contributed by atoms with Crippen molar-refractivity contribution >= 4 is 28.4 Å². The summed E-state index contributed by atoms with van der Waals surface area (Å²) in [5.74, 6) is -0.295. The highest BCUT2D eigenvalue weighted by atomic mass is 16.3. The monoisotopic (exact) mass is 508 g/mol. The summed E-state index contributed by atoms with van der Waals surface area (Å²) in [5.41, 5.74) is 1.16. The third-order valence-electron chi connectivity index (χ3n) is 6.06. The molecule has 0 aliphatic carbocycles. The molecule has 0 unspecified atom stereocenters. The topological polar surface area (TPSA) is 115 Å². The Morgan fingerprint density at radius 2 is 1.66 bits per heavy atom. The van der Waals surface area contributed by atoms with E-state index in [4.69, 9.17) is 4.42 Å². The fraction of sp³-hybridized carbons (Fsp3) is 0.103. The second-order valence-electron chi connectivity index (χ2n) is 8.75. The summed E-state index contributed by atoms with van der Waals surface area (Å²) >= 11 is 0. The summed E-state index contributed by atoms with van der Waals surface area (Å²) in [6.45, 7) is 1.74. The van der Waals surface area contributed by atoms with Gasteiger partial charge in [-0.25, -0.2) is 9.36 Å². The number of hydrogen-bond donors (Lipinski definition) is 2. The largest absolute Gasteiger partial charge is 0.467 e. The Morgan fingerprint density at radius 3 is 2.37 bits per heavy atom. The molecule has 9 heteroatoms. The molecule has 2 heterocycles. The second-order valence-corrected chi connectivity index (χ2v) is 8.75. The lowest BCUT2D eigenvalue weighted by Crippen LogP contribution is -2.41. The number of carbonyl (C=O) groups excluding carboxylic acids is 2. The van der Waals surface area contributed by atoms with Gasteiger partial charge in [-0.1, -0.05) is 35.9 Å². The molecular formula is C29H24N4O5. The molecule has 0 aliphatic rings. The van der Waals surface area contributed by atoms with Gasteiger partial charge in [0.1, 0.15) is 12.3 Å². The number of aromatic nitrogens is 2. The molecule has 0 spiro atoms. The van der Waals surface area contributed by atoms with Crippen molar-refractivity contribution in [2.45, 2.75) is 20.0 Å². The van der Waals surface area contributed by atoms with Gasteiger partial charge in [0.05, 0.1) is 29.4 Å². The summed E-state index contributed by atoms with van der Waals surface area (Å²) in [7, 11) is 0. The van der Waals surface area contributed by atoms with Gasteiger partial charge >= 0.3 is 5.69 Å². The maximum atomic E-state index is 13.6. The van der Waals surface area contributed by atoms with Crippen LogP contribution in [0.4, 0.5) is 5.69 Å². The van der Waals surface area contributed by atoms with Crippen LogP contribution in [0.2, 0.25) is 0 Å². The van der Waals surface area contributed by atoms with Gasteiger partial charge in [0.15, 0.2) is 0 Å². The predicted molar refractivity (Wildman–Crippen MR) is 143 cm³/mol. The van der Waals surface area contributed by atoms with Crippen LogP contribution in [0.15, 0.2) is 105 Å². The molecule has 5 rings (SSSR count). The third kappa shape index (κ3) is 5.03. The molecular weight excluding hydrogens is 484 g/mol. The van der Waals surface area contributed by atoms with Crippen LogP contribution in [0, 0.1) is 6.92 Å². The Balaban J connectivity index is 1.57. The molecule has 38 heavy (non-hydrogen) atoms. The van der Waals surface area contributed by atoms with Gasteiger partial charge in [0.2, 0.25) is 5.91 Å². The molecule has 2 N–H and O–H groups in total. The standard InChI is InChI=1S/C29H24N4O5/c1-19-9-12-21(13-10-19)31-26(34)18-32-25-16-20(27(35)30-17-23-8-5-15-38-23)11-14-24(25)28(36)33(29(32)37)22-6-3-2-4-7-22/h2-16H,17-18H2,1H3,(H,30,35)(H,31,34). The Kier molecular flexibility index (Phi) is 6.73. The molecule has 0 bridgehead atoms. The molecule has 3 aromatic carbocycles. The molecule has 0 radical (unpaired) electrons. The third-order valence-corrected chi connectivity index (χ3v) is 6.06. The molecule has 0 fully saturated rings. The average Bonchev–Trinajstić information content (AvgIpc) is 3.45. The zero-order valence-corrected chi connectivity index (χ0v) is 20.5. The first-order valence-electron chi connectivity index (χ1n) is 11.9. The Bertz CT molecular complexity index is 1730. The van der Waals surface area contributed by atoms with Crippen LogP contribution in [-0.4, -0.2) is 20.9 Å². The number of amides is 2. The van der Waals surface area contributed by atoms with Crippen molar-refractivity contribution in [3.05, 3.63) is 129 Å². The first-order chi connectivity index (χ1) is 18.4. The fourth-order valence-corrected chi connectivity index (χ4v) is 4.13. The molecule has 0 saturated carbocycles. The van der Waals surface area contributed by atoms with Crippen molar-refractivity contribution in [3.8, 4) is 5.69 Å². The van der Waals surface area contributed by atoms with Crippen molar-refractivity contribution in [2.75, 3.05) is 5.32 Å². The van der Waals surface area contributed by atoms with Gasteiger partial charge in [0.25, 0.3) is 11.5 Å². The average molecular weight is 509 g/mol. The van der Waals surface area contributed by atoms with Crippen LogP contribution in [0.25, 0.3) is 16.6 Å². The van der Waals surface area contributed by atoms with E-state index in [0.29, 0.717) is 17.1 Å². The SMILES string of the molecule is Cc1ccc(NC(=O)Cn2c(=O)n(-c3ccccc3)c(=O)c3ccc(C(=O)NCc4ccco4)cc32)cc1. The zero-order chi connectivity index (χ0) is 26.6. The summed E-state index contributed by atoms with van der Waals surface area (Å²) in [6, 6.07) is 23.6. The maximum absolute atomic E-state index is 13.6. The van der Waals surface area contributed by atoms with Crippen molar-refractivity contribution in [3.63, 3.8) is 0 Å². The maximum Gasteiger partial charge on any atom is 0.336 e. The number of para-hydroxylation sites is 1. The Hall–Kier alpha value is -5.18. The molecule has 0 saturated heterocycles. The zero-order valence-electron chi connectivity index (χ0n) is 20.5. The van der Waals surface area contributed by atoms with Crippen LogP contribution in [0.1, 0.15) is 21.7 Å². The molecule has 0 atom stereocenters. The number of aryl methyl sites for hydroxylation is 1. The van der Waals surface area contributed by atoms with Crippen LogP contribution in [0.3, 0.4) is 0 Å². The number of carbonyl (C=O) groups is 2. The summed E-state index contributed by atoms with van der Waals surface area (Å²) in [4.78, 5) is 52.9. The van der Waals surface area contributed by atoms with Gasteiger partial charge in [-0.15, -0.1) is 0 Å². The van der Waals surface area contributed by atoms with Gasteiger partial charge in [-0.2, -0.15) is 0 Å². The fourth-order valence-electron chi connectivity index (χ4n) is 4.13. The molecule has 190 valence electrons. The van der Waals surface area contributed by atoms with E-state index in [2.05, 4.69) is 10.6 Å². The van der Waals surface area contributed by atoms with Crippen LogP contribution < -0.4 is 21.9 Å². The van der Waals surface area contributed by atoms with Crippen LogP contribution in [-0.2, 0) is 17.9 Å². The van der Waals surface area contributed by atoms with E-state index < -0.39 is 23.1 Å². The normalized spacial score (nSPS) is 10.9. The van der Waals surface area contributed by atoms with Crippen molar-refractivity contribution in [1.29, 1.82) is 0 Å². The summed E-state index contributed by atoms with van der Waals surface area (Å²) in [5, 5.41) is 5.72. The molecule has 0 aliphatic heterocycles. The first-order valence-corrected chi connectivity index (χ1v) is 11.9. The molecule has 2 aromatic heterocycles. The number of rotatable bonds is 7. The second kappa shape index (κ2) is 10.4. The Labute approximate surface area is 217 Å². The lowest BCUT2D eigenvalue weighted by atomic mass is 10.1. The predicted octanol–water partition coefficient (Wildman–Crippen LogP) is 3.62. The minimum absolute atomic E-state index is 0.172. The van der Waals surface area contributed by atoms with E-state index in [9.17, 15) is 19.2 Å². The van der Waals surface area contributed by atoms with E-state index in [1.54, 1.807) is 54.6 Å². The number of fused-ring (bicyclic) bond motifs is 1. The number of hydrogen-bond acceptors (Lipinski definition) is 5. The number of nitrogens with one attached hydrogen (secondary N) is 2. The number of furan rings is 1. The van der Waals surface area contributed by atoms with E-state index in [1.807, 2.05) is 19.1 Å². The lowest BCUT2D eigenvalue weighted by Gasteiger charge is -2.15. The van der Waals surface area contributed by atoms with Crippen LogP contribution >= 0.6 is 0 Å². The summed E-state index contributed by atoms with van der Waals surface area (Å²) in [6.07, 6.45) is 1.51. The quantitative estimate of drug-likeness (QED) is 0.348. The Morgan fingerprint density at radius 1 is 0.895 bits per heavy atom. The van der Waals surface area contributed by atoms with Gasteiger partial charge in [-0.05, 0) is 61.5 Å². The van der Waals surface area contributed by atoms with E-state index >= 15 is 0 Å². The van der Waals surface area contributed by atoms with Crippen molar-refractivity contribution in [1.82, 2.24) is 14.5 Å². The molecule has 2 amide bonds. The van der Waals surface area contributed by atoms with Gasteiger partial charge < -0.3 is 15.1 Å². The van der Waals surface area contributed by atoms with Crippen LogP contribution in [0.5, 0.6) is 0 Å². The number of anilines is 1. The minimum atomic E-state index is -0.694. The smallest absolute Gasteiger partial charge is 0.336 e. The molecule has 5 aromatic rings. The van der Waals surface area contributed by atoms with Crippen molar-refractivity contribution in [2.24, 2.45) is 0 Å². The van der Waals surface area contributed by atoms with Crippen molar-refractivity contribution < 1.29 is 14.0 Å². The minimum Gasteiger partial charge on any atom is -0.467 e. The highest BCUT2D eigenvalue weighted by molar-refractivity contribution is 5.98. The first kappa shape index (κ1) is 24.5.